The summed E-state index contributed by atoms with van der Waals surface area (Å²) in [4.78, 5) is 11.8. The Morgan fingerprint density at radius 1 is 1.59 bits per heavy atom. The smallest absolute Gasteiger partial charge is 0.252 e. The second kappa shape index (κ2) is 5.38. The van der Waals surface area contributed by atoms with Gasteiger partial charge in [0.25, 0.3) is 5.91 Å². The monoisotopic (exact) mass is 254 g/mol. The molecule has 0 bridgehead atoms. The van der Waals surface area contributed by atoms with Crippen molar-refractivity contribution < 1.29 is 9.53 Å². The highest BCUT2D eigenvalue weighted by atomic mass is 35.5. The molecule has 1 atom stereocenters. The summed E-state index contributed by atoms with van der Waals surface area (Å²) in [5, 5.41) is 3.18. The Morgan fingerprint density at radius 2 is 2.41 bits per heavy atom. The molecule has 1 aliphatic heterocycles. The minimum absolute atomic E-state index is 0.131. The molecule has 1 heterocycles. The first kappa shape index (κ1) is 12.2. The predicted octanol–water partition coefficient (Wildman–Crippen LogP) is 1.83. The fraction of sp³-hybridized carbons (Fsp3) is 0.417. The molecule has 0 unspecified atom stereocenters. The van der Waals surface area contributed by atoms with Crippen LogP contribution in [0.4, 0.5) is 5.69 Å². The van der Waals surface area contributed by atoms with E-state index in [-0.39, 0.29) is 12.0 Å². The molecule has 5 heteroatoms. The maximum atomic E-state index is 11.8. The lowest BCUT2D eigenvalue weighted by Gasteiger charge is -2.11. The van der Waals surface area contributed by atoms with Gasteiger partial charge >= 0.3 is 0 Å². The summed E-state index contributed by atoms with van der Waals surface area (Å²) in [5.74, 6) is -0.189. The highest BCUT2D eigenvalue weighted by molar-refractivity contribution is 6.34. The molecule has 17 heavy (non-hydrogen) atoms. The van der Waals surface area contributed by atoms with Crippen molar-refractivity contribution in [3.05, 3.63) is 28.8 Å². The molecule has 1 aromatic carbocycles. The number of benzene rings is 1. The third-order valence-corrected chi connectivity index (χ3v) is 3.06. The molecule has 1 amide bonds. The van der Waals surface area contributed by atoms with Crippen molar-refractivity contribution in [2.24, 2.45) is 0 Å². The number of anilines is 1. The van der Waals surface area contributed by atoms with Crippen molar-refractivity contribution in [1.82, 2.24) is 5.32 Å². The van der Waals surface area contributed by atoms with Crippen LogP contribution in [0, 0.1) is 0 Å². The molecule has 3 N–H and O–H groups in total. The van der Waals surface area contributed by atoms with Gasteiger partial charge in [-0.15, -0.1) is 0 Å². The van der Waals surface area contributed by atoms with E-state index in [0.29, 0.717) is 22.8 Å². The molecule has 1 aliphatic rings. The fourth-order valence-electron chi connectivity index (χ4n) is 1.82. The molecular weight excluding hydrogens is 240 g/mol. The maximum absolute atomic E-state index is 11.8. The zero-order valence-electron chi connectivity index (χ0n) is 9.41. The van der Waals surface area contributed by atoms with Crippen LogP contribution in [-0.2, 0) is 4.74 Å². The van der Waals surface area contributed by atoms with Gasteiger partial charge in [0.05, 0.1) is 16.7 Å². The number of halogens is 1. The lowest BCUT2D eigenvalue weighted by molar-refractivity contribution is 0.0858. The lowest BCUT2D eigenvalue weighted by Crippen LogP contribution is -2.31. The van der Waals surface area contributed by atoms with E-state index in [9.17, 15) is 4.79 Å². The normalized spacial score (nSPS) is 19.2. The Balaban J connectivity index is 1.94. The van der Waals surface area contributed by atoms with Crippen LogP contribution < -0.4 is 11.1 Å². The second-order valence-electron chi connectivity index (χ2n) is 4.08. The molecule has 1 saturated heterocycles. The fourth-order valence-corrected chi connectivity index (χ4v) is 2.10. The lowest BCUT2D eigenvalue weighted by atomic mass is 10.2. The van der Waals surface area contributed by atoms with Gasteiger partial charge in [0.15, 0.2) is 0 Å². The number of hydrogen-bond donors (Lipinski definition) is 2. The molecule has 1 aromatic rings. The van der Waals surface area contributed by atoms with E-state index < -0.39 is 0 Å². The molecule has 0 radical (unpaired) electrons. The highest BCUT2D eigenvalue weighted by Gasteiger charge is 2.17. The summed E-state index contributed by atoms with van der Waals surface area (Å²) >= 11 is 5.95. The van der Waals surface area contributed by atoms with Gasteiger partial charge in [0, 0.05) is 18.8 Å². The third kappa shape index (κ3) is 3.11. The minimum atomic E-state index is -0.189. The van der Waals surface area contributed by atoms with Crippen LogP contribution in [-0.4, -0.2) is 25.2 Å². The van der Waals surface area contributed by atoms with E-state index in [4.69, 9.17) is 22.1 Å². The third-order valence-electron chi connectivity index (χ3n) is 2.75. The maximum Gasteiger partial charge on any atom is 0.252 e. The number of nitrogens with one attached hydrogen (secondary N) is 1. The van der Waals surface area contributed by atoms with Crippen molar-refractivity contribution >= 4 is 23.2 Å². The predicted molar refractivity (Wildman–Crippen MR) is 67.2 cm³/mol. The number of nitrogens with two attached hydrogens (primary N) is 1. The van der Waals surface area contributed by atoms with Gasteiger partial charge < -0.3 is 15.8 Å². The Morgan fingerprint density at radius 3 is 3.06 bits per heavy atom. The van der Waals surface area contributed by atoms with Gasteiger partial charge in [-0.05, 0) is 31.0 Å². The van der Waals surface area contributed by atoms with E-state index >= 15 is 0 Å². The summed E-state index contributed by atoms with van der Waals surface area (Å²) < 4.78 is 5.42. The number of amides is 1. The van der Waals surface area contributed by atoms with Gasteiger partial charge in [0.1, 0.15) is 0 Å². The van der Waals surface area contributed by atoms with Crippen LogP contribution in [0.15, 0.2) is 18.2 Å². The van der Waals surface area contributed by atoms with Crippen LogP contribution >= 0.6 is 11.6 Å². The van der Waals surface area contributed by atoms with E-state index in [2.05, 4.69) is 5.32 Å². The molecule has 0 aromatic heterocycles. The van der Waals surface area contributed by atoms with E-state index in [1.165, 1.54) is 0 Å². The first-order valence-corrected chi connectivity index (χ1v) is 5.99. The number of carbonyl (C=O) groups excluding carboxylic acids is 1. The van der Waals surface area contributed by atoms with Crippen LogP contribution in [0.1, 0.15) is 23.2 Å². The Kier molecular flexibility index (Phi) is 3.86. The van der Waals surface area contributed by atoms with Crippen molar-refractivity contribution in [3.63, 3.8) is 0 Å². The van der Waals surface area contributed by atoms with Crippen LogP contribution in [0.5, 0.6) is 0 Å². The van der Waals surface area contributed by atoms with Crippen molar-refractivity contribution in [2.75, 3.05) is 18.9 Å². The summed E-state index contributed by atoms with van der Waals surface area (Å²) in [5.41, 5.74) is 6.56. The SMILES string of the molecule is Nc1ccc(C(=O)NC[C@@H]2CCCO2)c(Cl)c1. The van der Waals surface area contributed by atoms with E-state index in [1.807, 2.05) is 0 Å². The first-order chi connectivity index (χ1) is 8.16. The highest BCUT2D eigenvalue weighted by Crippen LogP contribution is 2.19. The Hall–Kier alpha value is -1.26. The van der Waals surface area contributed by atoms with Crippen LogP contribution in [0.25, 0.3) is 0 Å². The molecular formula is C12H15ClN2O2. The summed E-state index contributed by atoms with van der Waals surface area (Å²) in [6.45, 7) is 1.31. The topological polar surface area (TPSA) is 64.4 Å². The average Bonchev–Trinajstić information content (AvgIpc) is 2.78. The molecule has 0 saturated carbocycles. The van der Waals surface area contributed by atoms with Crippen molar-refractivity contribution in [2.45, 2.75) is 18.9 Å². The molecule has 0 spiro atoms. The second-order valence-corrected chi connectivity index (χ2v) is 4.49. The van der Waals surface area contributed by atoms with Crippen LogP contribution in [0.3, 0.4) is 0 Å². The van der Waals surface area contributed by atoms with Gasteiger partial charge in [-0.25, -0.2) is 0 Å². The molecule has 92 valence electrons. The number of carbonyl (C=O) groups is 1. The van der Waals surface area contributed by atoms with Gasteiger partial charge in [-0.3, -0.25) is 4.79 Å². The number of ether oxygens (including phenoxy) is 1. The van der Waals surface area contributed by atoms with Crippen molar-refractivity contribution in [3.8, 4) is 0 Å². The number of hydrogen-bond acceptors (Lipinski definition) is 3. The summed E-state index contributed by atoms with van der Waals surface area (Å²) in [7, 11) is 0. The number of nitrogen functional groups attached to an aromatic ring is 1. The minimum Gasteiger partial charge on any atom is -0.399 e. The molecule has 0 aliphatic carbocycles. The standard InChI is InChI=1S/C12H15ClN2O2/c13-11-6-8(14)3-4-10(11)12(16)15-7-9-2-1-5-17-9/h3-4,6,9H,1-2,5,7,14H2,(H,15,16)/t9-/m0/s1. The van der Waals surface area contributed by atoms with Gasteiger partial charge in [-0.2, -0.15) is 0 Å². The van der Waals surface area contributed by atoms with Gasteiger partial charge in [-0.1, -0.05) is 11.6 Å². The quantitative estimate of drug-likeness (QED) is 0.809. The zero-order chi connectivity index (χ0) is 12.3. The Labute approximate surface area is 105 Å². The number of rotatable bonds is 3. The first-order valence-electron chi connectivity index (χ1n) is 5.61. The van der Waals surface area contributed by atoms with E-state index in [1.54, 1.807) is 18.2 Å². The van der Waals surface area contributed by atoms with Crippen molar-refractivity contribution in [1.29, 1.82) is 0 Å². The molecule has 2 rings (SSSR count). The van der Waals surface area contributed by atoms with Gasteiger partial charge in [0.2, 0.25) is 0 Å². The van der Waals surface area contributed by atoms with Crippen LogP contribution in [0.2, 0.25) is 5.02 Å². The molecule has 4 nitrogen and oxygen atoms in total. The summed E-state index contributed by atoms with van der Waals surface area (Å²) in [6, 6.07) is 4.86. The largest absolute Gasteiger partial charge is 0.399 e. The van der Waals surface area contributed by atoms with E-state index in [0.717, 1.165) is 19.4 Å². The molecule has 1 fully saturated rings. The Bertz CT molecular complexity index is 417. The zero-order valence-corrected chi connectivity index (χ0v) is 10.2. The summed E-state index contributed by atoms with van der Waals surface area (Å²) in [6.07, 6.45) is 2.19. The average molecular weight is 255 g/mol.